The van der Waals surface area contributed by atoms with E-state index in [-0.39, 0.29) is 18.3 Å². The molecule has 0 radical (unpaired) electrons. The maximum absolute atomic E-state index is 12.0. The molecular formula is C14H15NO3. The van der Waals surface area contributed by atoms with Crippen molar-refractivity contribution in [3.63, 3.8) is 0 Å². The van der Waals surface area contributed by atoms with Crippen LogP contribution in [0.1, 0.15) is 27.7 Å². The van der Waals surface area contributed by atoms with Gasteiger partial charge in [0, 0.05) is 5.56 Å². The van der Waals surface area contributed by atoms with E-state index in [2.05, 4.69) is 5.32 Å². The summed E-state index contributed by atoms with van der Waals surface area (Å²) in [4.78, 5) is 12.0. The molecule has 18 heavy (non-hydrogen) atoms. The van der Waals surface area contributed by atoms with Gasteiger partial charge in [-0.1, -0.05) is 30.3 Å². The van der Waals surface area contributed by atoms with E-state index in [1.54, 1.807) is 13.0 Å². The second-order valence-corrected chi connectivity index (χ2v) is 4.05. The van der Waals surface area contributed by atoms with Gasteiger partial charge in [0.05, 0.1) is 18.9 Å². The molecule has 0 unspecified atom stereocenters. The first-order valence-corrected chi connectivity index (χ1v) is 5.73. The van der Waals surface area contributed by atoms with Crippen molar-refractivity contribution >= 4 is 5.91 Å². The Hall–Kier alpha value is -2.07. The van der Waals surface area contributed by atoms with Gasteiger partial charge in [-0.3, -0.25) is 4.79 Å². The van der Waals surface area contributed by atoms with E-state index in [9.17, 15) is 9.90 Å². The molecule has 0 saturated carbocycles. The Kier molecular flexibility index (Phi) is 3.79. The van der Waals surface area contributed by atoms with Crippen LogP contribution >= 0.6 is 0 Å². The number of furan rings is 1. The number of hydrogen-bond donors (Lipinski definition) is 2. The van der Waals surface area contributed by atoms with E-state index in [1.165, 1.54) is 6.26 Å². The molecule has 2 rings (SSSR count). The zero-order valence-electron chi connectivity index (χ0n) is 10.1. The molecule has 0 bridgehead atoms. The molecule has 0 saturated heterocycles. The minimum absolute atomic E-state index is 0.157. The molecule has 4 heteroatoms. The molecule has 0 fully saturated rings. The molecule has 1 heterocycles. The molecule has 0 aliphatic rings. The van der Waals surface area contributed by atoms with Crippen molar-refractivity contribution in [3.05, 3.63) is 59.5 Å². The highest BCUT2D eigenvalue weighted by Gasteiger charge is 2.18. The zero-order chi connectivity index (χ0) is 13.0. The average molecular weight is 245 g/mol. The minimum atomic E-state index is -0.428. The van der Waals surface area contributed by atoms with Crippen LogP contribution in [0, 0.1) is 6.92 Å². The highest BCUT2D eigenvalue weighted by molar-refractivity contribution is 5.93. The van der Waals surface area contributed by atoms with Crippen LogP contribution in [0.5, 0.6) is 0 Å². The van der Waals surface area contributed by atoms with Crippen molar-refractivity contribution in [2.75, 3.05) is 6.61 Å². The molecule has 1 aromatic heterocycles. The third kappa shape index (κ3) is 2.60. The summed E-state index contributed by atoms with van der Waals surface area (Å²) in [6, 6.07) is 10.6. The summed E-state index contributed by atoms with van der Waals surface area (Å²) in [5, 5.41) is 12.1. The third-order valence-electron chi connectivity index (χ3n) is 2.76. The van der Waals surface area contributed by atoms with Crippen molar-refractivity contribution in [2.24, 2.45) is 0 Å². The number of hydrogen-bond acceptors (Lipinski definition) is 3. The van der Waals surface area contributed by atoms with Gasteiger partial charge in [0.25, 0.3) is 5.91 Å². The Balaban J connectivity index is 2.13. The second kappa shape index (κ2) is 5.51. The lowest BCUT2D eigenvalue weighted by Gasteiger charge is -2.16. The fourth-order valence-corrected chi connectivity index (χ4v) is 1.75. The van der Waals surface area contributed by atoms with E-state index >= 15 is 0 Å². The lowest BCUT2D eigenvalue weighted by atomic mass is 10.1. The molecule has 1 aromatic carbocycles. The van der Waals surface area contributed by atoms with Crippen LogP contribution in [0.15, 0.2) is 47.1 Å². The van der Waals surface area contributed by atoms with E-state index in [0.717, 1.165) is 11.1 Å². The lowest BCUT2D eigenvalue weighted by molar-refractivity contribution is 0.0887. The molecule has 0 spiro atoms. The van der Waals surface area contributed by atoms with Crippen LogP contribution in [0.4, 0.5) is 0 Å². The quantitative estimate of drug-likeness (QED) is 0.866. The smallest absolute Gasteiger partial charge is 0.287 e. The van der Waals surface area contributed by atoms with Gasteiger partial charge in [-0.2, -0.15) is 0 Å². The monoisotopic (exact) mass is 245 g/mol. The molecular weight excluding hydrogens is 230 g/mol. The summed E-state index contributed by atoms with van der Waals surface area (Å²) in [5.74, 6) is -0.0372. The molecule has 2 N–H and O–H groups in total. The number of benzene rings is 1. The second-order valence-electron chi connectivity index (χ2n) is 4.05. The van der Waals surface area contributed by atoms with Gasteiger partial charge in [-0.05, 0) is 18.6 Å². The minimum Gasteiger partial charge on any atom is -0.459 e. The van der Waals surface area contributed by atoms with Crippen molar-refractivity contribution < 1.29 is 14.3 Å². The predicted molar refractivity (Wildman–Crippen MR) is 67.2 cm³/mol. The number of aryl methyl sites for hydroxylation is 1. The summed E-state index contributed by atoms with van der Waals surface area (Å²) in [5.41, 5.74) is 1.63. The zero-order valence-corrected chi connectivity index (χ0v) is 10.1. The number of amides is 1. The fourth-order valence-electron chi connectivity index (χ4n) is 1.75. The fraction of sp³-hybridized carbons (Fsp3) is 0.214. The average Bonchev–Trinajstić information content (AvgIpc) is 2.83. The first-order valence-electron chi connectivity index (χ1n) is 5.73. The Bertz CT molecular complexity index is 519. The molecule has 4 nitrogen and oxygen atoms in total. The maximum Gasteiger partial charge on any atom is 0.287 e. The van der Waals surface area contributed by atoms with Crippen LogP contribution in [0.3, 0.4) is 0 Å². The van der Waals surface area contributed by atoms with Gasteiger partial charge in [0.1, 0.15) is 0 Å². The van der Waals surface area contributed by atoms with Crippen molar-refractivity contribution in [1.29, 1.82) is 0 Å². The van der Waals surface area contributed by atoms with Crippen molar-refractivity contribution in [2.45, 2.75) is 13.0 Å². The SMILES string of the molecule is Cc1ccoc1C(=O)N[C@@H](CO)c1ccccc1. The summed E-state index contributed by atoms with van der Waals surface area (Å²) in [7, 11) is 0. The standard InChI is InChI=1S/C14H15NO3/c1-10-7-8-18-13(10)14(17)15-12(9-16)11-5-3-2-4-6-11/h2-8,12,16H,9H2,1H3,(H,15,17)/t12-/m0/s1. The first-order chi connectivity index (χ1) is 8.72. The summed E-state index contributed by atoms with van der Waals surface area (Å²) >= 11 is 0. The van der Waals surface area contributed by atoms with E-state index in [1.807, 2.05) is 30.3 Å². The first kappa shape index (κ1) is 12.4. The van der Waals surface area contributed by atoms with E-state index < -0.39 is 6.04 Å². The summed E-state index contributed by atoms with van der Waals surface area (Å²) in [6.45, 7) is 1.64. The number of aliphatic hydroxyl groups excluding tert-OH is 1. The maximum atomic E-state index is 12.0. The van der Waals surface area contributed by atoms with Crippen LogP contribution in [0.25, 0.3) is 0 Å². The highest BCUT2D eigenvalue weighted by Crippen LogP contribution is 2.14. The Morgan fingerprint density at radius 2 is 2.06 bits per heavy atom. The number of carbonyl (C=O) groups excluding carboxylic acids is 1. The number of rotatable bonds is 4. The van der Waals surface area contributed by atoms with Crippen LogP contribution in [-0.4, -0.2) is 17.6 Å². The molecule has 0 aliphatic heterocycles. The molecule has 1 amide bonds. The third-order valence-corrected chi connectivity index (χ3v) is 2.76. The molecule has 1 atom stereocenters. The van der Waals surface area contributed by atoms with Crippen LogP contribution in [0.2, 0.25) is 0 Å². The van der Waals surface area contributed by atoms with Crippen molar-refractivity contribution in [1.82, 2.24) is 5.32 Å². The Morgan fingerprint density at radius 1 is 1.33 bits per heavy atom. The van der Waals surface area contributed by atoms with Gasteiger partial charge < -0.3 is 14.8 Å². The largest absolute Gasteiger partial charge is 0.459 e. The highest BCUT2D eigenvalue weighted by atomic mass is 16.3. The lowest BCUT2D eigenvalue weighted by Crippen LogP contribution is -2.30. The van der Waals surface area contributed by atoms with Gasteiger partial charge in [0.15, 0.2) is 5.76 Å². The molecule has 0 aliphatic carbocycles. The van der Waals surface area contributed by atoms with Gasteiger partial charge in [-0.25, -0.2) is 0 Å². The van der Waals surface area contributed by atoms with Crippen LogP contribution in [-0.2, 0) is 0 Å². The van der Waals surface area contributed by atoms with Crippen LogP contribution < -0.4 is 5.32 Å². The number of nitrogens with one attached hydrogen (secondary N) is 1. The summed E-state index contributed by atoms with van der Waals surface area (Å²) in [6.07, 6.45) is 1.47. The number of carbonyl (C=O) groups is 1. The van der Waals surface area contributed by atoms with E-state index in [0.29, 0.717) is 0 Å². The van der Waals surface area contributed by atoms with Gasteiger partial charge in [0.2, 0.25) is 0 Å². The predicted octanol–water partition coefficient (Wildman–Crippen LogP) is 2.05. The Labute approximate surface area is 105 Å². The van der Waals surface area contributed by atoms with E-state index in [4.69, 9.17) is 4.42 Å². The summed E-state index contributed by atoms with van der Waals surface area (Å²) < 4.78 is 5.11. The topological polar surface area (TPSA) is 62.5 Å². The van der Waals surface area contributed by atoms with Crippen molar-refractivity contribution in [3.8, 4) is 0 Å². The molecule has 2 aromatic rings. The normalized spacial score (nSPS) is 12.1. The van der Waals surface area contributed by atoms with Gasteiger partial charge in [-0.15, -0.1) is 0 Å². The van der Waals surface area contributed by atoms with Gasteiger partial charge >= 0.3 is 0 Å². The Morgan fingerprint density at radius 3 is 2.61 bits per heavy atom. The molecule has 94 valence electrons. The number of aliphatic hydroxyl groups is 1.